The van der Waals surface area contributed by atoms with Gasteiger partial charge in [0.1, 0.15) is 10.8 Å². The van der Waals surface area contributed by atoms with Crippen LogP contribution < -0.4 is 5.32 Å². The Hall–Kier alpha value is -3.43. The molecule has 4 rings (SSSR count). The van der Waals surface area contributed by atoms with Gasteiger partial charge in [-0.1, -0.05) is 69.7 Å². The summed E-state index contributed by atoms with van der Waals surface area (Å²) in [5, 5.41) is 12.1. The Morgan fingerprint density at radius 2 is 1.63 bits per heavy atom. The second-order valence-corrected chi connectivity index (χ2v) is 9.65. The minimum absolute atomic E-state index is 0.0922. The van der Waals surface area contributed by atoms with E-state index < -0.39 is 5.82 Å². The van der Waals surface area contributed by atoms with Gasteiger partial charge in [0.25, 0.3) is 5.91 Å². The smallest absolute Gasteiger partial charge is 0.253 e. The first kappa shape index (κ1) is 24.7. The first-order valence-electron chi connectivity index (χ1n) is 11.0. The van der Waals surface area contributed by atoms with Crippen molar-refractivity contribution < 1.29 is 14.0 Å². The third-order valence-electron chi connectivity index (χ3n) is 5.26. The largest absolute Gasteiger partial charge is 0.338 e. The van der Waals surface area contributed by atoms with Gasteiger partial charge >= 0.3 is 0 Å². The molecule has 0 radical (unpaired) electrons. The number of halogens is 2. The Bertz CT molecular complexity index is 1280. The fourth-order valence-corrected chi connectivity index (χ4v) is 4.43. The zero-order chi connectivity index (χ0) is 24.6. The number of rotatable bonds is 9. The highest BCUT2D eigenvalue weighted by atomic mass is 79.9. The summed E-state index contributed by atoms with van der Waals surface area (Å²) >= 11 is 4.68. The van der Waals surface area contributed by atoms with E-state index in [0.29, 0.717) is 28.7 Å². The fourth-order valence-electron chi connectivity index (χ4n) is 3.40. The summed E-state index contributed by atoms with van der Waals surface area (Å²) in [6, 6.07) is 22.9. The maximum atomic E-state index is 13.3. The normalized spacial score (nSPS) is 10.7. The number of benzene rings is 3. The molecule has 4 aromatic rings. The molecule has 1 aromatic heterocycles. The van der Waals surface area contributed by atoms with Crippen LogP contribution in [0.1, 0.15) is 22.3 Å². The molecule has 0 saturated carbocycles. The highest BCUT2D eigenvalue weighted by molar-refractivity contribution is 9.10. The quantitative estimate of drug-likeness (QED) is 0.284. The van der Waals surface area contributed by atoms with Crippen molar-refractivity contribution in [1.29, 1.82) is 0 Å². The van der Waals surface area contributed by atoms with Crippen molar-refractivity contribution in [2.75, 3.05) is 18.4 Å². The second-order valence-electron chi connectivity index (χ2n) is 7.75. The monoisotopic (exact) mass is 552 g/mol. The van der Waals surface area contributed by atoms with Gasteiger partial charge in [0, 0.05) is 35.1 Å². The van der Waals surface area contributed by atoms with Crippen molar-refractivity contribution in [2.24, 2.45) is 0 Å². The molecular weight excluding hydrogens is 531 g/mol. The Morgan fingerprint density at radius 3 is 2.34 bits per heavy atom. The summed E-state index contributed by atoms with van der Waals surface area (Å²) in [7, 11) is 0. The molecule has 0 atom stereocenters. The zero-order valence-corrected chi connectivity index (χ0v) is 21.1. The molecule has 6 nitrogen and oxygen atoms in total. The number of amides is 2. The van der Waals surface area contributed by atoms with Crippen molar-refractivity contribution in [2.45, 2.75) is 12.8 Å². The SMILES string of the molecule is O=C(CCN(CCc1ccccc1)C(=O)c1ccc(F)cc1)Nc1nnc(-c2ccc(Br)cc2)s1. The fraction of sp³-hybridized carbons (Fsp3) is 0.154. The number of carbonyl (C=O) groups excluding carboxylic acids is 2. The molecule has 0 aliphatic carbocycles. The predicted octanol–water partition coefficient (Wildman–Crippen LogP) is 5.82. The molecule has 35 heavy (non-hydrogen) atoms. The number of hydrogen-bond donors (Lipinski definition) is 1. The summed E-state index contributed by atoms with van der Waals surface area (Å²) in [6.07, 6.45) is 0.733. The van der Waals surface area contributed by atoms with Gasteiger partial charge in [0.05, 0.1) is 0 Å². The molecule has 3 aromatic carbocycles. The maximum Gasteiger partial charge on any atom is 0.253 e. The van der Waals surface area contributed by atoms with Gasteiger partial charge in [-0.05, 0) is 48.4 Å². The van der Waals surface area contributed by atoms with Crippen LogP contribution in [-0.2, 0) is 11.2 Å². The van der Waals surface area contributed by atoms with Crippen molar-refractivity contribution in [1.82, 2.24) is 15.1 Å². The highest BCUT2D eigenvalue weighted by Gasteiger charge is 2.18. The van der Waals surface area contributed by atoms with Crippen LogP contribution in [0.3, 0.4) is 0 Å². The van der Waals surface area contributed by atoms with Gasteiger partial charge in [-0.25, -0.2) is 4.39 Å². The van der Waals surface area contributed by atoms with E-state index in [1.165, 1.54) is 35.6 Å². The molecule has 9 heteroatoms. The third-order valence-corrected chi connectivity index (χ3v) is 6.68. The molecule has 1 heterocycles. The van der Waals surface area contributed by atoms with Crippen LogP contribution in [0.25, 0.3) is 10.6 Å². The van der Waals surface area contributed by atoms with Crippen molar-refractivity contribution in [3.8, 4) is 10.6 Å². The van der Waals surface area contributed by atoms with Gasteiger partial charge in [-0.2, -0.15) is 0 Å². The topological polar surface area (TPSA) is 75.2 Å². The Labute approximate surface area is 215 Å². The van der Waals surface area contributed by atoms with Crippen LogP contribution in [-0.4, -0.2) is 40.0 Å². The molecule has 178 valence electrons. The standard InChI is InChI=1S/C26H22BrFN4O2S/c27-21-10-6-19(7-11-21)24-30-31-26(35-24)29-23(33)15-17-32(16-14-18-4-2-1-3-5-18)25(34)20-8-12-22(28)13-9-20/h1-13H,14-17H2,(H,29,31,33). The van der Waals surface area contributed by atoms with E-state index >= 15 is 0 Å². The minimum atomic E-state index is -0.406. The van der Waals surface area contributed by atoms with Crippen LogP contribution in [0.5, 0.6) is 0 Å². The Balaban J connectivity index is 1.38. The Morgan fingerprint density at radius 1 is 0.914 bits per heavy atom. The average molecular weight is 553 g/mol. The van der Waals surface area contributed by atoms with Crippen molar-refractivity contribution in [3.05, 3.63) is 100 Å². The molecule has 0 bridgehead atoms. The van der Waals surface area contributed by atoms with Crippen molar-refractivity contribution >= 4 is 44.2 Å². The number of anilines is 1. The molecule has 1 N–H and O–H groups in total. The van der Waals surface area contributed by atoms with E-state index in [1.807, 2.05) is 54.6 Å². The molecule has 0 aliphatic rings. The third kappa shape index (κ3) is 7.03. The molecule has 0 fully saturated rings. The van der Waals surface area contributed by atoms with E-state index in [-0.39, 0.29) is 24.8 Å². The number of aromatic nitrogens is 2. The van der Waals surface area contributed by atoms with Crippen LogP contribution in [0.2, 0.25) is 0 Å². The van der Waals surface area contributed by atoms with E-state index in [4.69, 9.17) is 0 Å². The van der Waals surface area contributed by atoms with Crippen LogP contribution in [0.15, 0.2) is 83.3 Å². The number of nitrogens with zero attached hydrogens (tertiary/aromatic N) is 3. The molecular formula is C26H22BrFN4O2S. The van der Waals surface area contributed by atoms with Gasteiger partial charge in [0.15, 0.2) is 0 Å². The second kappa shape index (κ2) is 11.8. The van der Waals surface area contributed by atoms with E-state index in [0.717, 1.165) is 15.6 Å². The number of nitrogens with one attached hydrogen (secondary N) is 1. The highest BCUT2D eigenvalue weighted by Crippen LogP contribution is 2.27. The van der Waals surface area contributed by atoms with Gasteiger partial charge in [-0.15, -0.1) is 10.2 Å². The van der Waals surface area contributed by atoms with Crippen LogP contribution >= 0.6 is 27.3 Å². The minimum Gasteiger partial charge on any atom is -0.338 e. The Kier molecular flexibility index (Phi) is 8.33. The molecule has 0 unspecified atom stereocenters. The van der Waals surface area contributed by atoms with Crippen LogP contribution in [0.4, 0.5) is 9.52 Å². The van der Waals surface area contributed by atoms with Gasteiger partial charge in [0.2, 0.25) is 11.0 Å². The van der Waals surface area contributed by atoms with Crippen molar-refractivity contribution in [3.63, 3.8) is 0 Å². The van der Waals surface area contributed by atoms with E-state index in [2.05, 4.69) is 31.4 Å². The summed E-state index contributed by atoms with van der Waals surface area (Å²) in [4.78, 5) is 27.3. The van der Waals surface area contributed by atoms with Gasteiger partial charge in [-0.3, -0.25) is 9.59 Å². The average Bonchev–Trinajstić information content (AvgIpc) is 3.33. The zero-order valence-electron chi connectivity index (χ0n) is 18.7. The summed E-state index contributed by atoms with van der Waals surface area (Å²) < 4.78 is 14.3. The van der Waals surface area contributed by atoms with Gasteiger partial charge < -0.3 is 10.2 Å². The lowest BCUT2D eigenvalue weighted by molar-refractivity contribution is -0.116. The molecule has 0 saturated heterocycles. The summed E-state index contributed by atoms with van der Waals surface area (Å²) in [6.45, 7) is 0.646. The summed E-state index contributed by atoms with van der Waals surface area (Å²) in [5.41, 5.74) is 2.37. The number of hydrogen-bond acceptors (Lipinski definition) is 5. The first-order valence-corrected chi connectivity index (χ1v) is 12.6. The molecule has 0 aliphatic heterocycles. The first-order chi connectivity index (χ1) is 17.0. The van der Waals surface area contributed by atoms with E-state index in [9.17, 15) is 14.0 Å². The predicted molar refractivity (Wildman–Crippen MR) is 139 cm³/mol. The lowest BCUT2D eigenvalue weighted by Crippen LogP contribution is -2.35. The van der Waals surface area contributed by atoms with Crippen LogP contribution in [0, 0.1) is 5.82 Å². The lowest BCUT2D eigenvalue weighted by atomic mass is 10.1. The van der Waals surface area contributed by atoms with E-state index in [1.54, 1.807) is 4.90 Å². The molecule has 2 amide bonds. The maximum absolute atomic E-state index is 13.3. The summed E-state index contributed by atoms with van der Waals surface area (Å²) in [5.74, 6) is -0.918. The lowest BCUT2D eigenvalue weighted by Gasteiger charge is -2.22. The molecule has 0 spiro atoms. The number of carbonyl (C=O) groups is 2.